The summed E-state index contributed by atoms with van der Waals surface area (Å²) in [5.74, 6) is -0.392. The van der Waals surface area contributed by atoms with Crippen LogP contribution >= 0.6 is 50.2 Å². The first-order valence-corrected chi connectivity index (χ1v) is 14.7. The maximum atomic E-state index is 13.4. The molecule has 2 N–H and O–H groups in total. The highest BCUT2D eigenvalue weighted by atomic mass is 127. The minimum Gasteiger partial charge on any atom is -0.755 e. The molecule has 0 aliphatic rings. The van der Waals surface area contributed by atoms with Crippen molar-refractivity contribution in [3.8, 4) is 0 Å². The van der Waals surface area contributed by atoms with Crippen molar-refractivity contribution < 1.29 is 18.7 Å². The van der Waals surface area contributed by atoms with Crippen LogP contribution in [0, 0.1) is 3.57 Å². The molecule has 1 heterocycles. The first-order valence-electron chi connectivity index (χ1n) is 11.0. The highest BCUT2D eigenvalue weighted by molar-refractivity contribution is 14.1. The van der Waals surface area contributed by atoms with Crippen molar-refractivity contribution in [1.29, 1.82) is 0 Å². The zero-order valence-corrected chi connectivity index (χ0v) is 24.8. The second-order valence-corrected chi connectivity index (χ2v) is 11.6. The molecule has 4 rings (SSSR count). The van der Waals surface area contributed by atoms with Gasteiger partial charge in [-0.05, 0) is 71.0 Å². The van der Waals surface area contributed by atoms with Crippen molar-refractivity contribution >= 4 is 78.9 Å². The van der Waals surface area contributed by atoms with E-state index in [1.807, 2.05) is 36.4 Å². The molecule has 0 radical (unpaired) electrons. The minimum absolute atomic E-state index is 0.122. The van der Waals surface area contributed by atoms with E-state index in [2.05, 4.69) is 52.6 Å². The number of hydrogen-bond donors (Lipinski definition) is 2. The van der Waals surface area contributed by atoms with Gasteiger partial charge in [-0.25, -0.2) is 0 Å². The van der Waals surface area contributed by atoms with Gasteiger partial charge in [-0.1, -0.05) is 58.4 Å². The van der Waals surface area contributed by atoms with E-state index in [1.165, 1.54) is 0 Å². The van der Waals surface area contributed by atoms with Gasteiger partial charge in [-0.3, -0.25) is 13.3 Å². The average Bonchev–Trinajstić information content (AvgIpc) is 3.31. The number of nitrogens with zero attached hydrogens (tertiary/aromatic N) is 3. The molecule has 0 fully saturated rings. The summed E-state index contributed by atoms with van der Waals surface area (Å²) >= 11 is 3.55. The molecule has 1 amide bonds. The largest absolute Gasteiger partial charge is 0.755 e. The summed E-state index contributed by atoms with van der Waals surface area (Å²) in [6, 6.07) is 20.9. The number of carbonyl (C=O) groups excluding carboxylic acids is 1. The van der Waals surface area contributed by atoms with Crippen molar-refractivity contribution in [3.05, 3.63) is 103 Å². The van der Waals surface area contributed by atoms with Crippen molar-refractivity contribution in [3.63, 3.8) is 0 Å². The molecule has 8 nitrogen and oxygen atoms in total. The van der Waals surface area contributed by atoms with Gasteiger partial charge in [-0.2, -0.15) is 8.75 Å². The Balaban J connectivity index is 1.66. The molecular formula is C25H21BrIN4O4S2-. The summed E-state index contributed by atoms with van der Waals surface area (Å²) in [7, 11) is 0. The Hall–Kier alpha value is -2.23. The third-order valence-corrected chi connectivity index (χ3v) is 7.93. The fourth-order valence-electron chi connectivity index (χ4n) is 3.73. The SMILES string of the molecule is CC(NC(=O)c1ccc(I)cc1N(c1nsnc1Cc1ccccc1)S(=O)[O-])C(O)c1cccc(Br)c1. The normalized spacial score (nSPS) is 13.5. The molecule has 0 saturated carbocycles. The summed E-state index contributed by atoms with van der Waals surface area (Å²) < 4.78 is 36.2. The lowest BCUT2D eigenvalue weighted by Crippen LogP contribution is -2.38. The van der Waals surface area contributed by atoms with Gasteiger partial charge < -0.3 is 15.0 Å². The number of amides is 1. The second kappa shape index (κ2) is 12.5. The van der Waals surface area contributed by atoms with E-state index < -0.39 is 29.3 Å². The molecule has 12 heteroatoms. The van der Waals surface area contributed by atoms with Crippen LogP contribution in [0.5, 0.6) is 0 Å². The Morgan fingerprint density at radius 1 is 1.16 bits per heavy atom. The van der Waals surface area contributed by atoms with E-state index in [9.17, 15) is 18.7 Å². The molecule has 0 spiro atoms. The van der Waals surface area contributed by atoms with Crippen molar-refractivity contribution in [2.24, 2.45) is 0 Å². The van der Waals surface area contributed by atoms with Gasteiger partial charge in [0.05, 0.1) is 46.4 Å². The molecule has 0 aliphatic carbocycles. The van der Waals surface area contributed by atoms with Crippen LogP contribution < -0.4 is 9.62 Å². The summed E-state index contributed by atoms with van der Waals surface area (Å²) in [5.41, 5.74) is 2.32. The number of carbonyl (C=O) groups is 1. The molecule has 0 aliphatic heterocycles. The summed E-state index contributed by atoms with van der Waals surface area (Å²) in [6.45, 7) is 1.68. The molecule has 37 heavy (non-hydrogen) atoms. The Labute approximate surface area is 243 Å². The molecule has 1 aromatic heterocycles. The molecule has 3 aromatic carbocycles. The smallest absolute Gasteiger partial charge is 0.253 e. The fourth-order valence-corrected chi connectivity index (χ4v) is 5.82. The summed E-state index contributed by atoms with van der Waals surface area (Å²) in [6.07, 6.45) is -0.597. The monoisotopic (exact) mass is 711 g/mol. The van der Waals surface area contributed by atoms with Crippen LogP contribution in [0.2, 0.25) is 0 Å². The molecular weight excluding hydrogens is 691 g/mol. The van der Waals surface area contributed by atoms with Gasteiger partial charge in [0.15, 0.2) is 5.82 Å². The van der Waals surface area contributed by atoms with Gasteiger partial charge in [0.25, 0.3) is 5.91 Å². The van der Waals surface area contributed by atoms with Crippen molar-refractivity contribution in [2.75, 3.05) is 4.31 Å². The van der Waals surface area contributed by atoms with Gasteiger partial charge in [-0.15, -0.1) is 0 Å². The zero-order chi connectivity index (χ0) is 26.5. The number of rotatable bonds is 9. The van der Waals surface area contributed by atoms with Crippen molar-refractivity contribution in [1.82, 2.24) is 14.1 Å². The first-order chi connectivity index (χ1) is 17.7. The van der Waals surface area contributed by atoms with E-state index in [0.29, 0.717) is 17.7 Å². The Morgan fingerprint density at radius 2 is 1.92 bits per heavy atom. The van der Waals surface area contributed by atoms with Crippen LogP contribution in [0.1, 0.15) is 40.2 Å². The lowest BCUT2D eigenvalue weighted by atomic mass is 10.0. The van der Waals surface area contributed by atoms with E-state index in [0.717, 1.165) is 29.6 Å². The second-order valence-electron chi connectivity index (χ2n) is 8.13. The molecule has 0 bridgehead atoms. The van der Waals surface area contributed by atoms with Crippen molar-refractivity contribution in [2.45, 2.75) is 25.5 Å². The zero-order valence-electron chi connectivity index (χ0n) is 19.4. The third-order valence-electron chi connectivity index (χ3n) is 5.54. The number of benzene rings is 3. The first kappa shape index (κ1) is 27.8. The number of aliphatic hydroxyl groups is 1. The number of nitrogens with one attached hydrogen (secondary N) is 1. The Morgan fingerprint density at radius 3 is 2.62 bits per heavy atom. The fraction of sp³-hybridized carbons (Fsp3) is 0.160. The molecule has 192 valence electrons. The lowest BCUT2D eigenvalue weighted by Gasteiger charge is -2.28. The van der Waals surface area contributed by atoms with E-state index in [-0.39, 0.29) is 17.1 Å². The number of aliphatic hydroxyl groups excluding tert-OH is 1. The highest BCUT2D eigenvalue weighted by Crippen LogP contribution is 2.34. The Kier molecular flexibility index (Phi) is 9.42. The molecule has 4 aromatic rings. The number of anilines is 2. The standard InChI is InChI=1S/C25H22BrIN4O4S2/c1-15(23(32)17-8-5-9-18(26)13-17)28-25(33)20-11-10-19(27)14-22(20)31(37(34)35)24-21(29-36-30-24)12-16-6-3-2-4-7-16/h2-11,13-15,23,32H,12H2,1H3,(H,28,33)(H,34,35)/p-1. The predicted molar refractivity (Wildman–Crippen MR) is 155 cm³/mol. The number of hydrogen-bond acceptors (Lipinski definition) is 7. The van der Waals surface area contributed by atoms with Crippen LogP contribution in [0.15, 0.2) is 77.3 Å². The van der Waals surface area contributed by atoms with E-state index in [1.54, 1.807) is 43.3 Å². The average molecular weight is 712 g/mol. The van der Waals surface area contributed by atoms with Crippen LogP contribution in [-0.2, 0) is 17.7 Å². The third kappa shape index (κ3) is 6.81. The summed E-state index contributed by atoms with van der Waals surface area (Å²) in [5, 5.41) is 13.6. The Bertz CT molecular complexity index is 1420. The lowest BCUT2D eigenvalue weighted by molar-refractivity contribution is 0.0852. The van der Waals surface area contributed by atoms with Crippen LogP contribution in [-0.4, -0.2) is 34.6 Å². The van der Waals surface area contributed by atoms with Crippen LogP contribution in [0.3, 0.4) is 0 Å². The topological polar surface area (TPSA) is 118 Å². The molecule has 3 unspecified atom stereocenters. The predicted octanol–water partition coefficient (Wildman–Crippen LogP) is 5.28. The van der Waals surface area contributed by atoms with Gasteiger partial charge in [0, 0.05) is 14.5 Å². The maximum absolute atomic E-state index is 13.4. The minimum atomic E-state index is -2.79. The summed E-state index contributed by atoms with van der Waals surface area (Å²) in [4.78, 5) is 13.4. The number of aromatic nitrogens is 2. The quantitative estimate of drug-likeness (QED) is 0.180. The van der Waals surface area contributed by atoms with E-state index >= 15 is 0 Å². The van der Waals surface area contributed by atoms with Gasteiger partial charge in [0.1, 0.15) is 5.69 Å². The van der Waals surface area contributed by atoms with Crippen LogP contribution in [0.4, 0.5) is 11.5 Å². The highest BCUT2D eigenvalue weighted by Gasteiger charge is 2.26. The van der Waals surface area contributed by atoms with Crippen LogP contribution in [0.25, 0.3) is 0 Å². The van der Waals surface area contributed by atoms with Gasteiger partial charge >= 0.3 is 0 Å². The maximum Gasteiger partial charge on any atom is 0.253 e. The number of halogens is 2. The molecule has 0 saturated heterocycles. The van der Waals surface area contributed by atoms with E-state index in [4.69, 9.17) is 0 Å². The molecule has 3 atom stereocenters. The van der Waals surface area contributed by atoms with Gasteiger partial charge in [0.2, 0.25) is 0 Å².